The van der Waals surface area contributed by atoms with E-state index in [2.05, 4.69) is 4.99 Å². The standard InChI is InChI=1S/C18H15N3O7S3/c1-28-17(23)10-20-13-6-5-12(31(2,26)27)9-14(13)30-18(20)19-15(22)7-3-11-4-8-16(29-11)21(24)25/h3-9H,10H2,1-2H3. The van der Waals surface area contributed by atoms with Gasteiger partial charge in [0.1, 0.15) is 6.54 Å². The fraction of sp³-hybridized carbons (Fsp3) is 0.167. The predicted molar refractivity (Wildman–Crippen MR) is 116 cm³/mol. The normalized spacial score (nSPS) is 12.5. The van der Waals surface area contributed by atoms with E-state index in [1.807, 2.05) is 0 Å². The Bertz CT molecular complexity index is 1390. The van der Waals surface area contributed by atoms with Crippen LogP contribution in [0.5, 0.6) is 0 Å². The van der Waals surface area contributed by atoms with Gasteiger partial charge in [0, 0.05) is 23.3 Å². The van der Waals surface area contributed by atoms with Crippen LogP contribution in [0.4, 0.5) is 5.00 Å². The van der Waals surface area contributed by atoms with Crippen molar-refractivity contribution in [2.75, 3.05) is 13.4 Å². The largest absolute Gasteiger partial charge is 0.468 e. The molecule has 0 bridgehead atoms. The van der Waals surface area contributed by atoms with E-state index in [1.165, 1.54) is 48.1 Å². The van der Waals surface area contributed by atoms with Gasteiger partial charge in [-0.25, -0.2) is 8.42 Å². The summed E-state index contributed by atoms with van der Waals surface area (Å²) in [7, 11) is -2.22. The predicted octanol–water partition coefficient (Wildman–Crippen LogP) is 2.39. The number of sulfone groups is 1. The molecule has 0 spiro atoms. The Morgan fingerprint density at radius 3 is 2.61 bits per heavy atom. The van der Waals surface area contributed by atoms with E-state index in [0.717, 1.165) is 35.0 Å². The molecule has 0 aliphatic carbocycles. The van der Waals surface area contributed by atoms with Gasteiger partial charge in [-0.2, -0.15) is 4.99 Å². The molecule has 10 nitrogen and oxygen atoms in total. The maximum absolute atomic E-state index is 12.3. The number of amides is 1. The molecule has 0 radical (unpaired) electrons. The second-order valence-electron chi connectivity index (χ2n) is 6.17. The van der Waals surface area contributed by atoms with E-state index in [-0.39, 0.29) is 21.2 Å². The third-order valence-electron chi connectivity index (χ3n) is 3.99. The number of aromatic nitrogens is 1. The molecule has 3 aromatic rings. The number of hydrogen-bond acceptors (Lipinski definition) is 9. The number of esters is 1. The number of thiophene rings is 1. The summed E-state index contributed by atoms with van der Waals surface area (Å²) in [6.45, 7) is -0.221. The summed E-state index contributed by atoms with van der Waals surface area (Å²) in [6, 6.07) is 7.24. The maximum Gasteiger partial charge on any atom is 0.325 e. The van der Waals surface area contributed by atoms with Gasteiger partial charge in [0.15, 0.2) is 14.6 Å². The third kappa shape index (κ3) is 5.31. The molecular weight excluding hydrogens is 466 g/mol. The minimum atomic E-state index is -3.44. The molecule has 162 valence electrons. The van der Waals surface area contributed by atoms with Crippen LogP contribution in [-0.2, 0) is 30.7 Å². The smallest absolute Gasteiger partial charge is 0.325 e. The molecule has 0 saturated carbocycles. The van der Waals surface area contributed by atoms with Crippen molar-refractivity contribution in [3.63, 3.8) is 0 Å². The zero-order valence-electron chi connectivity index (χ0n) is 16.2. The van der Waals surface area contributed by atoms with Crippen molar-refractivity contribution in [3.8, 4) is 0 Å². The van der Waals surface area contributed by atoms with Crippen LogP contribution in [0.15, 0.2) is 46.3 Å². The average molecular weight is 482 g/mol. The van der Waals surface area contributed by atoms with Crippen LogP contribution >= 0.6 is 22.7 Å². The van der Waals surface area contributed by atoms with Crippen LogP contribution in [0.3, 0.4) is 0 Å². The second-order valence-corrected chi connectivity index (χ2v) is 10.3. The monoisotopic (exact) mass is 481 g/mol. The molecule has 1 aromatic carbocycles. The molecular formula is C18H15N3O7S3. The van der Waals surface area contributed by atoms with Crippen LogP contribution in [-0.4, -0.2) is 43.2 Å². The average Bonchev–Trinajstić information content (AvgIpc) is 3.30. The van der Waals surface area contributed by atoms with Crippen LogP contribution in [0.1, 0.15) is 4.88 Å². The van der Waals surface area contributed by atoms with Crippen molar-refractivity contribution in [1.82, 2.24) is 4.57 Å². The van der Waals surface area contributed by atoms with Gasteiger partial charge in [-0.1, -0.05) is 22.7 Å². The highest BCUT2D eigenvalue weighted by molar-refractivity contribution is 7.90. The SMILES string of the molecule is COC(=O)Cn1c(=NC(=O)C=Cc2ccc([N+](=O)[O-])s2)sc2cc(S(C)(=O)=O)ccc21. The van der Waals surface area contributed by atoms with Crippen LogP contribution in [0.25, 0.3) is 16.3 Å². The molecule has 0 fully saturated rings. The first-order valence-corrected chi connectivity index (χ1v) is 12.0. The Balaban J connectivity index is 2.03. The molecule has 0 unspecified atom stereocenters. The van der Waals surface area contributed by atoms with E-state index in [4.69, 9.17) is 4.74 Å². The minimum absolute atomic E-state index is 0.0499. The molecule has 2 aromatic heterocycles. The van der Waals surface area contributed by atoms with Gasteiger partial charge in [-0.3, -0.25) is 19.7 Å². The fourth-order valence-electron chi connectivity index (χ4n) is 2.53. The Labute approximate surface area is 183 Å². The highest BCUT2D eigenvalue weighted by Crippen LogP contribution is 2.25. The first kappa shape index (κ1) is 22.5. The summed E-state index contributed by atoms with van der Waals surface area (Å²) in [5.41, 5.74) is 0.521. The summed E-state index contributed by atoms with van der Waals surface area (Å²) in [5.74, 6) is -1.22. The van der Waals surface area contributed by atoms with Crippen molar-refractivity contribution in [3.05, 3.63) is 56.2 Å². The fourth-order valence-corrected chi connectivity index (χ4v) is 5.05. The first-order valence-electron chi connectivity index (χ1n) is 8.50. The van der Waals surface area contributed by atoms with Crippen molar-refractivity contribution >= 4 is 65.7 Å². The van der Waals surface area contributed by atoms with E-state index >= 15 is 0 Å². The number of hydrogen-bond donors (Lipinski definition) is 0. The Hall–Kier alpha value is -3.16. The molecule has 0 aliphatic rings. The van der Waals surface area contributed by atoms with Crippen LogP contribution < -0.4 is 4.80 Å². The van der Waals surface area contributed by atoms with Gasteiger partial charge >= 0.3 is 11.0 Å². The highest BCUT2D eigenvalue weighted by atomic mass is 32.2. The molecule has 0 atom stereocenters. The second kappa shape index (κ2) is 8.91. The molecule has 1 amide bonds. The lowest BCUT2D eigenvalue weighted by Crippen LogP contribution is -2.22. The number of carbonyl (C=O) groups is 2. The van der Waals surface area contributed by atoms with E-state index in [0.29, 0.717) is 15.1 Å². The number of fused-ring (bicyclic) bond motifs is 1. The van der Waals surface area contributed by atoms with E-state index < -0.39 is 26.6 Å². The third-order valence-corrected chi connectivity index (χ3v) is 7.14. The lowest BCUT2D eigenvalue weighted by Gasteiger charge is -2.04. The van der Waals surface area contributed by atoms with Crippen molar-refractivity contribution in [2.24, 2.45) is 4.99 Å². The topological polar surface area (TPSA) is 138 Å². The number of carbonyl (C=O) groups excluding carboxylic acids is 2. The number of thiazole rings is 1. The van der Waals surface area contributed by atoms with E-state index in [9.17, 15) is 28.1 Å². The van der Waals surface area contributed by atoms with Crippen LogP contribution in [0.2, 0.25) is 0 Å². The summed E-state index contributed by atoms with van der Waals surface area (Å²) < 4.78 is 30.3. The molecule has 0 aliphatic heterocycles. The maximum atomic E-state index is 12.3. The van der Waals surface area contributed by atoms with Crippen molar-refractivity contribution in [2.45, 2.75) is 11.4 Å². The lowest BCUT2D eigenvalue weighted by atomic mass is 10.3. The highest BCUT2D eigenvalue weighted by Gasteiger charge is 2.15. The quantitative estimate of drug-likeness (QED) is 0.228. The summed E-state index contributed by atoms with van der Waals surface area (Å²) in [5, 5.41) is 10.7. The summed E-state index contributed by atoms with van der Waals surface area (Å²) in [6.07, 6.45) is 3.65. The zero-order chi connectivity index (χ0) is 22.8. The van der Waals surface area contributed by atoms with Gasteiger partial charge in [0.05, 0.1) is 27.1 Å². The lowest BCUT2D eigenvalue weighted by molar-refractivity contribution is -0.380. The number of methoxy groups -OCH3 is 1. The van der Waals surface area contributed by atoms with Crippen LogP contribution in [0, 0.1) is 10.1 Å². The number of benzene rings is 1. The van der Waals surface area contributed by atoms with Gasteiger partial charge < -0.3 is 9.30 Å². The number of nitrogens with zero attached hydrogens (tertiary/aromatic N) is 3. The molecule has 2 heterocycles. The summed E-state index contributed by atoms with van der Waals surface area (Å²) in [4.78, 5) is 39.2. The Morgan fingerprint density at radius 2 is 2.00 bits per heavy atom. The minimum Gasteiger partial charge on any atom is -0.468 e. The number of ether oxygens (including phenoxy) is 1. The molecule has 0 N–H and O–H groups in total. The van der Waals surface area contributed by atoms with Crippen molar-refractivity contribution < 1.29 is 27.7 Å². The molecule has 31 heavy (non-hydrogen) atoms. The van der Waals surface area contributed by atoms with Crippen molar-refractivity contribution in [1.29, 1.82) is 0 Å². The number of nitro groups is 1. The van der Waals surface area contributed by atoms with E-state index in [1.54, 1.807) is 0 Å². The molecule has 3 rings (SSSR count). The Morgan fingerprint density at radius 1 is 1.26 bits per heavy atom. The molecule has 0 saturated heterocycles. The zero-order valence-corrected chi connectivity index (χ0v) is 18.6. The Kier molecular flexibility index (Phi) is 6.48. The first-order chi connectivity index (χ1) is 14.6. The summed E-state index contributed by atoms with van der Waals surface area (Å²) >= 11 is 1.96. The van der Waals surface area contributed by atoms with Gasteiger partial charge in [-0.05, 0) is 30.3 Å². The van der Waals surface area contributed by atoms with Gasteiger partial charge in [0.25, 0.3) is 5.91 Å². The van der Waals surface area contributed by atoms with Gasteiger partial charge in [-0.15, -0.1) is 0 Å². The molecule has 13 heteroatoms. The van der Waals surface area contributed by atoms with Gasteiger partial charge in [0.2, 0.25) is 0 Å². The number of rotatable bonds is 6.